The molecule has 0 bridgehead atoms. The van der Waals surface area contributed by atoms with E-state index in [4.69, 9.17) is 5.73 Å². The maximum absolute atomic E-state index is 12.0. The minimum atomic E-state index is -0.569. The van der Waals surface area contributed by atoms with Gasteiger partial charge in [-0.3, -0.25) is 4.79 Å². The summed E-state index contributed by atoms with van der Waals surface area (Å²) in [5.74, 6) is 0.520. The lowest BCUT2D eigenvalue weighted by Gasteiger charge is -2.47. The Hall–Kier alpha value is -0.870. The van der Waals surface area contributed by atoms with Crippen LogP contribution in [0.1, 0.15) is 19.3 Å². The number of nitrogens with two attached hydrogens (primary N) is 1. The minimum absolute atomic E-state index is 0.0255. The van der Waals surface area contributed by atoms with Gasteiger partial charge in [-0.2, -0.15) is 0 Å². The van der Waals surface area contributed by atoms with Crippen LogP contribution in [0.25, 0.3) is 0 Å². The molecule has 1 saturated heterocycles. The van der Waals surface area contributed by atoms with E-state index >= 15 is 0 Å². The lowest BCUT2D eigenvalue weighted by molar-refractivity contribution is -0.162. The zero-order chi connectivity index (χ0) is 11.3. The summed E-state index contributed by atoms with van der Waals surface area (Å²) in [6.45, 7) is 1.05. The molecule has 0 aromatic heterocycles. The van der Waals surface area contributed by atoms with E-state index in [-0.39, 0.29) is 17.9 Å². The number of hydrogen-bond acceptors (Lipinski definition) is 3. The Morgan fingerprint density at radius 3 is 2.56 bits per heavy atom. The smallest absolute Gasteiger partial charge is 0.229 e. The van der Waals surface area contributed by atoms with Crippen molar-refractivity contribution in [3.05, 3.63) is 12.2 Å². The van der Waals surface area contributed by atoms with Crippen LogP contribution >= 0.6 is 0 Å². The van der Waals surface area contributed by atoms with Gasteiger partial charge in [0, 0.05) is 6.04 Å². The van der Waals surface area contributed by atoms with E-state index in [0.29, 0.717) is 19.0 Å². The van der Waals surface area contributed by atoms with Crippen molar-refractivity contribution >= 4 is 5.91 Å². The predicted octanol–water partition coefficient (Wildman–Crippen LogP) is -0.127. The number of carbonyl (C=O) groups is 1. The largest absolute Gasteiger partial charge is 0.386 e. The number of β-amino-alcohol motifs (C(OH)–C–C–N with tert-alkyl or cyclic N) is 1. The van der Waals surface area contributed by atoms with Crippen molar-refractivity contribution in [1.29, 1.82) is 0 Å². The van der Waals surface area contributed by atoms with Crippen molar-refractivity contribution in [2.75, 3.05) is 13.1 Å². The maximum atomic E-state index is 12.0. The highest BCUT2D eigenvalue weighted by Gasteiger charge is 2.53. The van der Waals surface area contributed by atoms with Gasteiger partial charge in [0.2, 0.25) is 5.91 Å². The first-order valence-corrected chi connectivity index (χ1v) is 6.03. The number of nitrogens with zero attached hydrogens (tertiary/aromatic N) is 1. The zero-order valence-corrected chi connectivity index (χ0v) is 9.30. The van der Waals surface area contributed by atoms with Gasteiger partial charge in [-0.15, -0.1) is 0 Å². The second-order valence-electron chi connectivity index (χ2n) is 5.46. The molecule has 2 aliphatic carbocycles. The summed E-state index contributed by atoms with van der Waals surface area (Å²) in [5.41, 5.74) is 5.16. The molecule has 3 aliphatic rings. The third-order valence-corrected chi connectivity index (χ3v) is 4.01. The second-order valence-corrected chi connectivity index (χ2v) is 5.46. The van der Waals surface area contributed by atoms with Gasteiger partial charge in [-0.1, -0.05) is 12.2 Å². The number of amides is 1. The monoisotopic (exact) mass is 222 g/mol. The highest BCUT2D eigenvalue weighted by molar-refractivity contribution is 5.82. The molecule has 0 aromatic rings. The van der Waals surface area contributed by atoms with Crippen LogP contribution in [0.4, 0.5) is 0 Å². The van der Waals surface area contributed by atoms with Gasteiger partial charge in [-0.25, -0.2) is 0 Å². The molecule has 3 N–H and O–H groups in total. The maximum Gasteiger partial charge on any atom is 0.229 e. The average Bonchev–Trinajstić information content (AvgIpc) is 2.96. The van der Waals surface area contributed by atoms with E-state index in [1.807, 2.05) is 12.2 Å². The zero-order valence-electron chi connectivity index (χ0n) is 9.30. The van der Waals surface area contributed by atoms with Crippen molar-refractivity contribution in [3.8, 4) is 0 Å². The molecule has 2 fully saturated rings. The Morgan fingerprint density at radius 2 is 2.06 bits per heavy atom. The lowest BCUT2D eigenvalue weighted by atomic mass is 9.87. The van der Waals surface area contributed by atoms with Crippen LogP contribution in [0.5, 0.6) is 0 Å². The standard InChI is InChI=1S/C12H18N2O2/c13-10-4-1-8(5-10)11(15)14-6-12(16,7-14)9-2-3-9/h1,4,8-10,16H,2-3,5-7,13H2. The topological polar surface area (TPSA) is 66.6 Å². The first-order valence-electron chi connectivity index (χ1n) is 6.03. The third-order valence-electron chi connectivity index (χ3n) is 4.01. The molecule has 4 heteroatoms. The summed E-state index contributed by atoms with van der Waals surface area (Å²) in [4.78, 5) is 13.8. The molecule has 1 aliphatic heterocycles. The van der Waals surface area contributed by atoms with Crippen LogP contribution in [0.15, 0.2) is 12.2 Å². The Kier molecular flexibility index (Phi) is 2.13. The molecule has 1 heterocycles. The summed E-state index contributed by atoms with van der Waals surface area (Å²) in [6.07, 6.45) is 6.76. The average molecular weight is 222 g/mol. The van der Waals surface area contributed by atoms with Gasteiger partial charge < -0.3 is 15.7 Å². The first kappa shape index (κ1) is 10.3. The lowest BCUT2D eigenvalue weighted by Crippen LogP contribution is -2.65. The number of rotatable bonds is 2. The number of carbonyl (C=O) groups excluding carboxylic acids is 1. The summed E-state index contributed by atoms with van der Waals surface area (Å²) in [7, 11) is 0. The molecular formula is C12H18N2O2. The SMILES string of the molecule is NC1C=CC(C(=O)N2CC(O)(C3CC3)C2)C1. The highest BCUT2D eigenvalue weighted by atomic mass is 16.3. The van der Waals surface area contributed by atoms with Crippen molar-refractivity contribution in [3.63, 3.8) is 0 Å². The van der Waals surface area contributed by atoms with Crippen LogP contribution in [-0.2, 0) is 4.79 Å². The Labute approximate surface area is 95.1 Å². The summed E-state index contributed by atoms with van der Waals surface area (Å²) >= 11 is 0. The summed E-state index contributed by atoms with van der Waals surface area (Å²) in [5, 5.41) is 10.1. The molecule has 2 atom stereocenters. The van der Waals surface area contributed by atoms with Crippen molar-refractivity contribution in [1.82, 2.24) is 4.90 Å². The predicted molar refractivity (Wildman–Crippen MR) is 59.5 cm³/mol. The van der Waals surface area contributed by atoms with Gasteiger partial charge in [0.25, 0.3) is 0 Å². The molecule has 0 aromatic carbocycles. The van der Waals surface area contributed by atoms with Gasteiger partial charge in [0.15, 0.2) is 0 Å². The summed E-state index contributed by atoms with van der Waals surface area (Å²) < 4.78 is 0. The quantitative estimate of drug-likeness (QED) is 0.640. The third kappa shape index (κ3) is 1.57. The molecule has 4 nitrogen and oxygen atoms in total. The Bertz CT molecular complexity index is 343. The first-order chi connectivity index (χ1) is 7.58. The number of aliphatic hydroxyl groups is 1. The highest BCUT2D eigenvalue weighted by Crippen LogP contribution is 2.45. The molecule has 0 spiro atoms. The van der Waals surface area contributed by atoms with Gasteiger partial charge in [0.1, 0.15) is 5.60 Å². The van der Waals surface area contributed by atoms with Crippen molar-refractivity contribution in [2.24, 2.45) is 17.6 Å². The van der Waals surface area contributed by atoms with E-state index in [1.54, 1.807) is 4.90 Å². The molecular weight excluding hydrogens is 204 g/mol. The molecule has 2 unspecified atom stereocenters. The molecule has 88 valence electrons. The fraction of sp³-hybridized carbons (Fsp3) is 0.750. The number of hydrogen-bond donors (Lipinski definition) is 2. The normalized spacial score (nSPS) is 36.2. The fourth-order valence-electron chi connectivity index (χ4n) is 2.79. The van der Waals surface area contributed by atoms with Crippen LogP contribution in [-0.4, -0.2) is 40.6 Å². The van der Waals surface area contributed by atoms with Crippen LogP contribution in [0, 0.1) is 11.8 Å². The summed E-state index contributed by atoms with van der Waals surface area (Å²) in [6, 6.07) is 0.0255. The minimum Gasteiger partial charge on any atom is -0.386 e. The van der Waals surface area contributed by atoms with Gasteiger partial charge in [0.05, 0.1) is 19.0 Å². The fourth-order valence-corrected chi connectivity index (χ4v) is 2.79. The molecule has 0 radical (unpaired) electrons. The van der Waals surface area contributed by atoms with Gasteiger partial charge >= 0.3 is 0 Å². The number of likely N-dealkylation sites (tertiary alicyclic amines) is 1. The van der Waals surface area contributed by atoms with E-state index in [1.165, 1.54) is 0 Å². The molecule has 1 saturated carbocycles. The van der Waals surface area contributed by atoms with E-state index in [9.17, 15) is 9.90 Å². The van der Waals surface area contributed by atoms with E-state index in [2.05, 4.69) is 0 Å². The van der Waals surface area contributed by atoms with Crippen molar-refractivity contribution in [2.45, 2.75) is 30.9 Å². The van der Waals surface area contributed by atoms with Crippen LogP contribution in [0.3, 0.4) is 0 Å². The molecule has 1 amide bonds. The Balaban J connectivity index is 1.56. The molecule has 16 heavy (non-hydrogen) atoms. The van der Waals surface area contributed by atoms with Crippen LogP contribution < -0.4 is 5.73 Å². The molecule has 3 rings (SSSR count). The van der Waals surface area contributed by atoms with Crippen LogP contribution in [0.2, 0.25) is 0 Å². The van der Waals surface area contributed by atoms with E-state index in [0.717, 1.165) is 19.3 Å². The van der Waals surface area contributed by atoms with E-state index < -0.39 is 5.60 Å². The van der Waals surface area contributed by atoms with Crippen molar-refractivity contribution < 1.29 is 9.90 Å². The van der Waals surface area contributed by atoms with Gasteiger partial charge in [-0.05, 0) is 25.2 Å². The second kappa shape index (κ2) is 3.31. The Morgan fingerprint density at radius 1 is 1.38 bits per heavy atom.